The normalized spacial score (nSPS) is 21.5. The molecule has 0 saturated carbocycles. The highest BCUT2D eigenvalue weighted by molar-refractivity contribution is 9.10. The van der Waals surface area contributed by atoms with E-state index in [2.05, 4.69) is 15.9 Å². The molecular weight excluding hydrogens is 336 g/mol. The molecule has 1 amide bonds. The predicted molar refractivity (Wildman–Crippen MR) is 84.1 cm³/mol. The van der Waals surface area contributed by atoms with E-state index < -0.39 is 11.5 Å². The second-order valence-electron chi connectivity index (χ2n) is 5.39. The number of benzene rings is 1. The van der Waals surface area contributed by atoms with Crippen molar-refractivity contribution in [3.8, 4) is 0 Å². The van der Waals surface area contributed by atoms with Crippen LogP contribution in [0.25, 0.3) is 0 Å². The summed E-state index contributed by atoms with van der Waals surface area (Å²) in [5.41, 5.74) is 5.55. The summed E-state index contributed by atoms with van der Waals surface area (Å²) >= 11 is 3.34. The lowest BCUT2D eigenvalue weighted by Crippen LogP contribution is -2.53. The minimum Gasteiger partial charge on any atom is -0.479 e. The number of hydrogen-bond donors (Lipinski definition) is 2. The van der Waals surface area contributed by atoms with Gasteiger partial charge in [-0.2, -0.15) is 0 Å². The van der Waals surface area contributed by atoms with E-state index in [0.29, 0.717) is 48.0 Å². The van der Waals surface area contributed by atoms with Gasteiger partial charge >= 0.3 is 5.97 Å². The molecule has 1 heterocycles. The molecule has 1 aromatic rings. The number of carboxylic acid groups (broad SMARTS) is 1. The third-order valence-corrected chi connectivity index (χ3v) is 4.71. The standard InChI is InChI=1S/C15H19BrN2O3/c1-2-6-15(14(20)21)7-3-8-18(15)13(19)11-9-10(17)4-5-12(11)16/h4-5,9H,2-3,6-8,17H2,1H3,(H,20,21). The number of anilines is 1. The maximum atomic E-state index is 12.8. The minimum absolute atomic E-state index is 0.275. The second-order valence-corrected chi connectivity index (χ2v) is 6.24. The number of likely N-dealkylation sites (tertiary alicyclic amines) is 1. The van der Waals surface area contributed by atoms with Crippen LogP contribution in [0.15, 0.2) is 22.7 Å². The number of carbonyl (C=O) groups excluding carboxylic acids is 1. The zero-order valence-electron chi connectivity index (χ0n) is 11.9. The van der Waals surface area contributed by atoms with Crippen molar-refractivity contribution in [2.24, 2.45) is 0 Å². The van der Waals surface area contributed by atoms with Gasteiger partial charge in [0.1, 0.15) is 5.54 Å². The number of carbonyl (C=O) groups is 2. The van der Waals surface area contributed by atoms with Crippen LogP contribution in [0.3, 0.4) is 0 Å². The Hall–Kier alpha value is -1.56. The number of halogens is 1. The molecule has 6 heteroatoms. The average molecular weight is 355 g/mol. The molecule has 2 rings (SSSR count). The Balaban J connectivity index is 2.41. The predicted octanol–water partition coefficient (Wildman–Crippen LogP) is 2.89. The molecular formula is C15H19BrN2O3. The Morgan fingerprint density at radius 3 is 2.81 bits per heavy atom. The first-order chi connectivity index (χ1) is 9.92. The summed E-state index contributed by atoms with van der Waals surface area (Å²) in [7, 11) is 0. The number of hydrogen-bond acceptors (Lipinski definition) is 3. The maximum Gasteiger partial charge on any atom is 0.329 e. The van der Waals surface area contributed by atoms with Crippen LogP contribution in [0.4, 0.5) is 5.69 Å². The highest BCUT2D eigenvalue weighted by atomic mass is 79.9. The van der Waals surface area contributed by atoms with Gasteiger partial charge < -0.3 is 15.7 Å². The summed E-state index contributed by atoms with van der Waals surface area (Å²) in [6, 6.07) is 4.99. The van der Waals surface area contributed by atoms with Gasteiger partial charge in [-0.15, -0.1) is 0 Å². The van der Waals surface area contributed by atoms with E-state index in [0.717, 1.165) is 0 Å². The number of nitrogens with zero attached hydrogens (tertiary/aromatic N) is 1. The Morgan fingerprint density at radius 1 is 1.48 bits per heavy atom. The van der Waals surface area contributed by atoms with E-state index in [9.17, 15) is 14.7 Å². The van der Waals surface area contributed by atoms with Crippen molar-refractivity contribution >= 4 is 33.5 Å². The Kier molecular flexibility index (Phi) is 4.56. The van der Waals surface area contributed by atoms with Gasteiger partial charge in [-0.3, -0.25) is 4.79 Å². The Bertz CT molecular complexity index is 576. The smallest absolute Gasteiger partial charge is 0.329 e. The molecule has 0 bridgehead atoms. The molecule has 21 heavy (non-hydrogen) atoms. The molecule has 1 unspecified atom stereocenters. The number of nitrogen functional groups attached to an aromatic ring is 1. The van der Waals surface area contributed by atoms with Gasteiger partial charge in [0.25, 0.3) is 5.91 Å². The molecule has 3 N–H and O–H groups in total. The van der Waals surface area contributed by atoms with Gasteiger partial charge in [0.15, 0.2) is 0 Å². The topological polar surface area (TPSA) is 83.6 Å². The number of aliphatic carboxylic acids is 1. The molecule has 1 atom stereocenters. The largest absolute Gasteiger partial charge is 0.479 e. The van der Waals surface area contributed by atoms with Crippen molar-refractivity contribution in [1.82, 2.24) is 4.90 Å². The number of carboxylic acids is 1. The van der Waals surface area contributed by atoms with Gasteiger partial charge in [-0.05, 0) is 53.4 Å². The van der Waals surface area contributed by atoms with Crippen LogP contribution < -0.4 is 5.73 Å². The molecule has 1 saturated heterocycles. The van der Waals surface area contributed by atoms with Crippen molar-refractivity contribution in [3.63, 3.8) is 0 Å². The van der Waals surface area contributed by atoms with E-state index >= 15 is 0 Å². The lowest BCUT2D eigenvalue weighted by Gasteiger charge is -2.35. The molecule has 1 aromatic carbocycles. The van der Waals surface area contributed by atoms with Gasteiger partial charge in [0.2, 0.25) is 0 Å². The fourth-order valence-corrected chi connectivity index (χ4v) is 3.45. The number of amides is 1. The summed E-state index contributed by atoms with van der Waals surface area (Å²) in [5.74, 6) is -1.20. The van der Waals surface area contributed by atoms with Crippen LogP contribution in [0.2, 0.25) is 0 Å². The fraction of sp³-hybridized carbons (Fsp3) is 0.467. The molecule has 0 aromatic heterocycles. The molecule has 0 aliphatic carbocycles. The summed E-state index contributed by atoms with van der Waals surface area (Å²) in [4.78, 5) is 26.1. The zero-order chi connectivity index (χ0) is 15.6. The van der Waals surface area contributed by atoms with Crippen LogP contribution in [0.5, 0.6) is 0 Å². The van der Waals surface area contributed by atoms with E-state index in [-0.39, 0.29) is 5.91 Å². The van der Waals surface area contributed by atoms with Crippen LogP contribution >= 0.6 is 15.9 Å². The molecule has 1 fully saturated rings. The van der Waals surface area contributed by atoms with E-state index in [1.165, 1.54) is 4.90 Å². The Labute approximate surface area is 132 Å². The summed E-state index contributed by atoms with van der Waals surface area (Å²) in [6.07, 6.45) is 2.39. The molecule has 1 aliphatic rings. The van der Waals surface area contributed by atoms with Crippen LogP contribution in [0, 0.1) is 0 Å². The van der Waals surface area contributed by atoms with E-state index in [1.807, 2.05) is 6.92 Å². The van der Waals surface area contributed by atoms with Crippen LogP contribution in [-0.4, -0.2) is 34.0 Å². The average Bonchev–Trinajstić information content (AvgIpc) is 2.86. The lowest BCUT2D eigenvalue weighted by atomic mass is 9.90. The van der Waals surface area contributed by atoms with Gasteiger partial charge in [0.05, 0.1) is 5.56 Å². The first-order valence-corrected chi connectivity index (χ1v) is 7.82. The van der Waals surface area contributed by atoms with Gasteiger partial charge in [0, 0.05) is 16.7 Å². The molecule has 0 radical (unpaired) electrons. The summed E-state index contributed by atoms with van der Waals surface area (Å²) < 4.78 is 0.629. The first kappa shape index (κ1) is 15.8. The number of rotatable bonds is 4. The third-order valence-electron chi connectivity index (χ3n) is 4.02. The van der Waals surface area contributed by atoms with Gasteiger partial charge in [-0.25, -0.2) is 4.79 Å². The van der Waals surface area contributed by atoms with E-state index in [4.69, 9.17) is 5.73 Å². The highest BCUT2D eigenvalue weighted by Gasteiger charge is 2.49. The SMILES string of the molecule is CCCC1(C(=O)O)CCCN1C(=O)c1cc(N)ccc1Br. The van der Waals surface area contributed by atoms with Crippen LogP contribution in [-0.2, 0) is 4.79 Å². The Morgan fingerprint density at radius 2 is 2.19 bits per heavy atom. The monoisotopic (exact) mass is 354 g/mol. The third kappa shape index (κ3) is 2.77. The van der Waals surface area contributed by atoms with Crippen molar-refractivity contribution < 1.29 is 14.7 Å². The molecule has 5 nitrogen and oxygen atoms in total. The van der Waals surface area contributed by atoms with Crippen molar-refractivity contribution in [2.75, 3.05) is 12.3 Å². The highest BCUT2D eigenvalue weighted by Crippen LogP contribution is 2.36. The van der Waals surface area contributed by atoms with E-state index in [1.54, 1.807) is 18.2 Å². The maximum absolute atomic E-state index is 12.8. The van der Waals surface area contributed by atoms with Crippen molar-refractivity contribution in [2.45, 2.75) is 38.1 Å². The molecule has 114 valence electrons. The number of nitrogens with two attached hydrogens (primary N) is 1. The first-order valence-electron chi connectivity index (χ1n) is 7.03. The summed E-state index contributed by atoms with van der Waals surface area (Å²) in [6.45, 7) is 2.40. The molecule has 1 aliphatic heterocycles. The lowest BCUT2D eigenvalue weighted by molar-refractivity contribution is -0.148. The fourth-order valence-electron chi connectivity index (χ4n) is 3.03. The zero-order valence-corrected chi connectivity index (χ0v) is 13.5. The van der Waals surface area contributed by atoms with Crippen molar-refractivity contribution in [1.29, 1.82) is 0 Å². The minimum atomic E-state index is -1.09. The van der Waals surface area contributed by atoms with Crippen LogP contribution in [0.1, 0.15) is 43.0 Å². The van der Waals surface area contributed by atoms with Gasteiger partial charge in [-0.1, -0.05) is 13.3 Å². The second kappa shape index (κ2) is 6.05. The summed E-state index contributed by atoms with van der Waals surface area (Å²) in [5, 5.41) is 9.65. The molecule has 0 spiro atoms. The quantitative estimate of drug-likeness (QED) is 0.814. The van der Waals surface area contributed by atoms with Crippen molar-refractivity contribution in [3.05, 3.63) is 28.2 Å².